The van der Waals surface area contributed by atoms with Crippen LogP contribution in [0.2, 0.25) is 0 Å². The van der Waals surface area contributed by atoms with Crippen LogP contribution >= 0.6 is 0 Å². The Kier molecular flexibility index (Phi) is 2.54. The van der Waals surface area contributed by atoms with Gasteiger partial charge in [0, 0.05) is 22.8 Å². The van der Waals surface area contributed by atoms with Gasteiger partial charge in [-0.3, -0.25) is 0 Å². The zero-order chi connectivity index (χ0) is 11.7. The second-order valence-corrected chi connectivity index (χ2v) is 3.47. The number of carbonyl (C=O) groups is 1. The standard InChI is InChI=1S/C11H10N2O3/c1-6-5-8(9(14)11(15)16)7-3-2-4-12-10(7)13-6/h2-5,9,14H,1H3,(H,15,16). The lowest BCUT2D eigenvalue weighted by Gasteiger charge is -2.09. The summed E-state index contributed by atoms with van der Waals surface area (Å²) in [6.07, 6.45) is 0.0273. The molecule has 2 aromatic heterocycles. The van der Waals surface area contributed by atoms with Crippen LogP contribution in [0.4, 0.5) is 0 Å². The highest BCUT2D eigenvalue weighted by molar-refractivity contribution is 5.85. The summed E-state index contributed by atoms with van der Waals surface area (Å²) < 4.78 is 0. The first-order valence-electron chi connectivity index (χ1n) is 4.72. The lowest BCUT2D eigenvalue weighted by Crippen LogP contribution is -2.11. The Morgan fingerprint density at radius 1 is 1.50 bits per heavy atom. The number of aliphatic hydroxyl groups is 1. The number of rotatable bonds is 2. The number of pyridine rings is 2. The molecule has 0 aliphatic rings. The molecule has 0 radical (unpaired) electrons. The van der Waals surface area contributed by atoms with Gasteiger partial charge in [-0.2, -0.15) is 0 Å². The van der Waals surface area contributed by atoms with E-state index in [9.17, 15) is 9.90 Å². The van der Waals surface area contributed by atoms with Crippen LogP contribution in [-0.2, 0) is 4.79 Å². The normalized spacial score (nSPS) is 12.6. The number of aliphatic carboxylic acids is 1. The maximum absolute atomic E-state index is 10.8. The minimum Gasteiger partial charge on any atom is -0.479 e. The molecular weight excluding hydrogens is 208 g/mol. The number of nitrogens with zero attached hydrogens (tertiary/aromatic N) is 2. The molecule has 0 bridgehead atoms. The highest BCUT2D eigenvalue weighted by Gasteiger charge is 2.19. The molecule has 2 heterocycles. The van der Waals surface area contributed by atoms with Crippen LogP contribution in [0.25, 0.3) is 11.0 Å². The van der Waals surface area contributed by atoms with Gasteiger partial charge >= 0.3 is 5.97 Å². The molecule has 16 heavy (non-hydrogen) atoms. The molecule has 0 saturated heterocycles. The Bertz CT molecular complexity index is 554. The molecule has 0 aliphatic heterocycles. The molecule has 0 spiro atoms. The Hall–Kier alpha value is -2.01. The Morgan fingerprint density at radius 3 is 2.94 bits per heavy atom. The molecule has 1 atom stereocenters. The molecular formula is C11H10N2O3. The number of carboxylic acids is 1. The van der Waals surface area contributed by atoms with Gasteiger partial charge in [0.15, 0.2) is 11.8 Å². The van der Waals surface area contributed by atoms with Gasteiger partial charge in [0.05, 0.1) is 0 Å². The number of fused-ring (bicyclic) bond motifs is 1. The van der Waals surface area contributed by atoms with Gasteiger partial charge in [0.1, 0.15) is 0 Å². The molecule has 1 unspecified atom stereocenters. The quantitative estimate of drug-likeness (QED) is 0.787. The van der Waals surface area contributed by atoms with E-state index in [1.807, 2.05) is 0 Å². The number of hydrogen-bond acceptors (Lipinski definition) is 4. The molecule has 5 heteroatoms. The SMILES string of the molecule is Cc1cc(C(O)C(=O)O)c2cccnc2n1. The highest BCUT2D eigenvalue weighted by Crippen LogP contribution is 2.22. The number of aliphatic hydroxyl groups excluding tert-OH is 1. The first kappa shape index (κ1) is 10.5. The summed E-state index contributed by atoms with van der Waals surface area (Å²) in [6.45, 7) is 1.73. The molecule has 82 valence electrons. The van der Waals surface area contributed by atoms with Crippen molar-refractivity contribution in [1.82, 2.24) is 9.97 Å². The van der Waals surface area contributed by atoms with E-state index >= 15 is 0 Å². The average Bonchev–Trinajstić information content (AvgIpc) is 2.26. The zero-order valence-corrected chi connectivity index (χ0v) is 8.58. The van der Waals surface area contributed by atoms with Crippen LogP contribution in [0.15, 0.2) is 24.4 Å². The van der Waals surface area contributed by atoms with Crippen molar-refractivity contribution in [2.45, 2.75) is 13.0 Å². The minimum absolute atomic E-state index is 0.322. The van der Waals surface area contributed by atoms with Crippen LogP contribution in [0.1, 0.15) is 17.4 Å². The van der Waals surface area contributed by atoms with Crippen molar-refractivity contribution >= 4 is 17.0 Å². The molecule has 0 aromatic carbocycles. The summed E-state index contributed by atoms with van der Waals surface area (Å²) in [5.41, 5.74) is 1.39. The fourth-order valence-electron chi connectivity index (χ4n) is 1.57. The summed E-state index contributed by atoms with van der Waals surface area (Å²) in [7, 11) is 0. The molecule has 5 nitrogen and oxygen atoms in total. The van der Waals surface area contributed by atoms with Gasteiger partial charge in [0.25, 0.3) is 0 Å². The van der Waals surface area contributed by atoms with Crippen molar-refractivity contribution < 1.29 is 15.0 Å². The van der Waals surface area contributed by atoms with E-state index in [0.717, 1.165) is 0 Å². The zero-order valence-electron chi connectivity index (χ0n) is 8.58. The first-order chi connectivity index (χ1) is 7.59. The van der Waals surface area contributed by atoms with E-state index in [4.69, 9.17) is 5.11 Å². The van der Waals surface area contributed by atoms with E-state index in [0.29, 0.717) is 22.3 Å². The molecule has 0 amide bonds. The van der Waals surface area contributed by atoms with Crippen molar-refractivity contribution in [3.8, 4) is 0 Å². The van der Waals surface area contributed by atoms with Crippen LogP contribution in [0.5, 0.6) is 0 Å². The lowest BCUT2D eigenvalue weighted by molar-refractivity contribution is -0.146. The average molecular weight is 218 g/mol. The van der Waals surface area contributed by atoms with Crippen LogP contribution in [-0.4, -0.2) is 26.2 Å². The van der Waals surface area contributed by atoms with Crippen molar-refractivity contribution in [3.63, 3.8) is 0 Å². The third-order valence-electron chi connectivity index (χ3n) is 2.27. The number of hydrogen-bond donors (Lipinski definition) is 2. The molecule has 0 aliphatic carbocycles. The summed E-state index contributed by atoms with van der Waals surface area (Å²) in [6, 6.07) is 4.93. The minimum atomic E-state index is -1.55. The van der Waals surface area contributed by atoms with E-state index < -0.39 is 12.1 Å². The summed E-state index contributed by atoms with van der Waals surface area (Å²) >= 11 is 0. The van der Waals surface area contributed by atoms with Crippen molar-refractivity contribution in [1.29, 1.82) is 0 Å². The van der Waals surface area contributed by atoms with Gasteiger partial charge in [-0.15, -0.1) is 0 Å². The van der Waals surface area contributed by atoms with Gasteiger partial charge in [0.2, 0.25) is 0 Å². The fraction of sp³-hybridized carbons (Fsp3) is 0.182. The number of carboxylic acid groups (broad SMARTS) is 1. The maximum Gasteiger partial charge on any atom is 0.337 e. The van der Waals surface area contributed by atoms with Gasteiger partial charge in [-0.1, -0.05) is 0 Å². The van der Waals surface area contributed by atoms with Crippen molar-refractivity contribution in [2.24, 2.45) is 0 Å². The summed E-state index contributed by atoms with van der Waals surface area (Å²) in [4.78, 5) is 19.0. The molecule has 2 aromatic rings. The van der Waals surface area contributed by atoms with E-state index in [1.54, 1.807) is 31.3 Å². The summed E-state index contributed by atoms with van der Waals surface area (Å²) in [5.74, 6) is -1.28. The highest BCUT2D eigenvalue weighted by atomic mass is 16.4. The van der Waals surface area contributed by atoms with E-state index in [-0.39, 0.29) is 0 Å². The Labute approximate surface area is 91.4 Å². The molecule has 0 fully saturated rings. The monoisotopic (exact) mass is 218 g/mol. The summed E-state index contributed by atoms with van der Waals surface area (Å²) in [5, 5.41) is 18.9. The van der Waals surface area contributed by atoms with Crippen molar-refractivity contribution in [2.75, 3.05) is 0 Å². The van der Waals surface area contributed by atoms with Gasteiger partial charge < -0.3 is 10.2 Å². The largest absolute Gasteiger partial charge is 0.479 e. The maximum atomic E-state index is 10.8. The van der Waals surface area contributed by atoms with Crippen LogP contribution in [0, 0.1) is 6.92 Å². The lowest BCUT2D eigenvalue weighted by atomic mass is 10.1. The fourth-order valence-corrected chi connectivity index (χ4v) is 1.57. The first-order valence-corrected chi connectivity index (χ1v) is 4.72. The second kappa shape index (κ2) is 3.86. The second-order valence-electron chi connectivity index (χ2n) is 3.47. The third-order valence-corrected chi connectivity index (χ3v) is 2.27. The van der Waals surface area contributed by atoms with E-state index in [2.05, 4.69) is 9.97 Å². The third kappa shape index (κ3) is 1.72. The predicted molar refractivity (Wildman–Crippen MR) is 56.9 cm³/mol. The predicted octanol–water partition coefficient (Wildman–Crippen LogP) is 1.06. The van der Waals surface area contributed by atoms with Crippen LogP contribution < -0.4 is 0 Å². The number of aryl methyl sites for hydroxylation is 1. The smallest absolute Gasteiger partial charge is 0.337 e. The molecule has 0 saturated carbocycles. The number of aromatic nitrogens is 2. The molecule has 2 rings (SSSR count). The Balaban J connectivity index is 2.72. The van der Waals surface area contributed by atoms with Crippen LogP contribution in [0.3, 0.4) is 0 Å². The Morgan fingerprint density at radius 2 is 2.25 bits per heavy atom. The van der Waals surface area contributed by atoms with Crippen molar-refractivity contribution in [3.05, 3.63) is 35.7 Å². The topological polar surface area (TPSA) is 83.3 Å². The van der Waals surface area contributed by atoms with Gasteiger partial charge in [-0.05, 0) is 25.1 Å². The van der Waals surface area contributed by atoms with E-state index in [1.165, 1.54) is 0 Å². The molecule has 2 N–H and O–H groups in total. The van der Waals surface area contributed by atoms with Gasteiger partial charge in [-0.25, -0.2) is 14.8 Å².